The molecule has 0 bridgehead atoms. The molecule has 134 valence electrons. The minimum atomic E-state index is -0.603. The summed E-state index contributed by atoms with van der Waals surface area (Å²) >= 11 is 0. The Kier molecular flexibility index (Phi) is 5.70. The molecule has 0 aromatic carbocycles. The quantitative estimate of drug-likeness (QED) is 0.849. The van der Waals surface area contributed by atoms with Gasteiger partial charge in [-0.15, -0.1) is 0 Å². The van der Waals surface area contributed by atoms with Gasteiger partial charge in [0.05, 0.1) is 6.10 Å². The summed E-state index contributed by atoms with van der Waals surface area (Å²) in [6.07, 6.45) is 5.26. The average Bonchev–Trinajstić information content (AvgIpc) is 2.53. The topological polar surface area (TPSA) is 60.8 Å². The fraction of sp³-hybridized carbons (Fsp3) is 0.667. The molecule has 0 saturated heterocycles. The molecule has 1 fully saturated rings. The average molecular weight is 336 g/mol. The highest BCUT2D eigenvalue weighted by Gasteiger charge is 2.26. The summed E-state index contributed by atoms with van der Waals surface area (Å²) in [6.45, 7) is 5.40. The number of hydrogen-bond acceptors (Lipinski definition) is 4. The Morgan fingerprint density at radius 3 is 2.67 bits per heavy atom. The molecule has 1 aromatic rings. The van der Waals surface area contributed by atoms with Gasteiger partial charge in [-0.1, -0.05) is 0 Å². The number of amides is 1. The van der Waals surface area contributed by atoms with Gasteiger partial charge in [-0.3, -0.25) is 9.69 Å². The molecule has 0 radical (unpaired) electrons. The number of carbonyl (C=O) groups is 1. The Labute approximate surface area is 143 Å². The Morgan fingerprint density at radius 1 is 1.33 bits per heavy atom. The van der Waals surface area contributed by atoms with E-state index >= 15 is 0 Å². The van der Waals surface area contributed by atoms with Crippen LogP contribution in [0.1, 0.15) is 52.5 Å². The van der Waals surface area contributed by atoms with E-state index in [1.807, 2.05) is 0 Å². The fourth-order valence-corrected chi connectivity index (χ4v) is 3.06. The van der Waals surface area contributed by atoms with Crippen LogP contribution in [0.4, 0.5) is 10.5 Å². The second-order valence-electron chi connectivity index (χ2n) is 7.32. The summed E-state index contributed by atoms with van der Waals surface area (Å²) in [6, 6.07) is 3.55. The molecule has 2 rings (SSSR count). The van der Waals surface area contributed by atoms with Gasteiger partial charge < -0.3 is 14.0 Å². The molecule has 1 heterocycles. The first-order chi connectivity index (χ1) is 11.2. The molecule has 0 spiro atoms. The molecule has 0 N–H and O–H groups in total. The van der Waals surface area contributed by atoms with E-state index in [0.29, 0.717) is 5.69 Å². The van der Waals surface area contributed by atoms with Crippen molar-refractivity contribution in [1.82, 2.24) is 4.57 Å². The van der Waals surface area contributed by atoms with Crippen LogP contribution in [0.3, 0.4) is 0 Å². The lowest BCUT2D eigenvalue weighted by atomic mass is 9.92. The molecule has 1 aromatic heterocycles. The van der Waals surface area contributed by atoms with Crippen molar-refractivity contribution in [1.29, 1.82) is 0 Å². The van der Waals surface area contributed by atoms with E-state index in [9.17, 15) is 9.59 Å². The molecule has 1 aliphatic carbocycles. The zero-order valence-electron chi connectivity index (χ0n) is 15.2. The summed E-state index contributed by atoms with van der Waals surface area (Å²) in [5.41, 5.74) is -0.451. The van der Waals surface area contributed by atoms with Crippen molar-refractivity contribution < 1.29 is 14.3 Å². The van der Waals surface area contributed by atoms with Gasteiger partial charge in [0, 0.05) is 26.4 Å². The van der Waals surface area contributed by atoms with Crippen LogP contribution in [0.15, 0.2) is 23.1 Å². The molecule has 1 amide bonds. The van der Waals surface area contributed by atoms with Crippen LogP contribution in [-0.4, -0.2) is 36.5 Å². The number of anilines is 1. The molecule has 0 aliphatic heterocycles. The first-order valence-corrected chi connectivity index (χ1v) is 8.43. The maximum Gasteiger partial charge on any atom is 0.414 e. The standard InChI is InChI=1S/C18H28N2O4/c1-18(2,3)24-17(22)19(4)15-10-7-11-20(16(15)21)13-8-6-9-14(12-13)23-5/h7,10-11,13-14H,6,8-9,12H2,1-5H3. The van der Waals surface area contributed by atoms with Gasteiger partial charge in [-0.2, -0.15) is 0 Å². The highest BCUT2D eigenvalue weighted by atomic mass is 16.6. The van der Waals surface area contributed by atoms with Crippen molar-refractivity contribution in [3.8, 4) is 0 Å². The minimum absolute atomic E-state index is 0.100. The van der Waals surface area contributed by atoms with E-state index in [0.717, 1.165) is 25.7 Å². The Hall–Kier alpha value is -1.82. The third kappa shape index (κ3) is 4.38. The van der Waals surface area contributed by atoms with Crippen LogP contribution in [-0.2, 0) is 9.47 Å². The summed E-state index contributed by atoms with van der Waals surface area (Å²) < 4.78 is 12.5. The predicted octanol–water partition coefficient (Wildman–Crippen LogP) is 3.35. The van der Waals surface area contributed by atoms with Crippen molar-refractivity contribution in [2.45, 2.75) is 64.2 Å². The normalized spacial score (nSPS) is 21.4. The zero-order valence-corrected chi connectivity index (χ0v) is 15.2. The van der Waals surface area contributed by atoms with E-state index < -0.39 is 11.7 Å². The molecule has 1 aliphatic rings. The Morgan fingerprint density at radius 2 is 2.04 bits per heavy atom. The van der Waals surface area contributed by atoms with Gasteiger partial charge in [0.2, 0.25) is 0 Å². The summed E-state index contributed by atoms with van der Waals surface area (Å²) in [4.78, 5) is 26.4. The van der Waals surface area contributed by atoms with Crippen molar-refractivity contribution >= 4 is 11.8 Å². The number of carbonyl (C=O) groups excluding carboxylic acids is 1. The van der Waals surface area contributed by atoms with E-state index in [4.69, 9.17) is 9.47 Å². The number of methoxy groups -OCH3 is 1. The third-order valence-electron chi connectivity index (χ3n) is 4.31. The Balaban J connectivity index is 2.24. The zero-order chi connectivity index (χ0) is 17.9. The molecular weight excluding hydrogens is 308 g/mol. The monoisotopic (exact) mass is 336 g/mol. The molecule has 24 heavy (non-hydrogen) atoms. The molecular formula is C18H28N2O4. The maximum atomic E-state index is 12.8. The van der Waals surface area contributed by atoms with Crippen molar-refractivity contribution in [2.75, 3.05) is 19.1 Å². The van der Waals surface area contributed by atoms with Crippen LogP contribution in [0.2, 0.25) is 0 Å². The SMILES string of the molecule is COC1CCCC(n2cccc(N(C)C(=O)OC(C)(C)C)c2=O)C1. The van der Waals surface area contributed by atoms with Gasteiger partial charge in [0.15, 0.2) is 0 Å². The fourth-order valence-electron chi connectivity index (χ4n) is 3.06. The first kappa shape index (κ1) is 18.5. The van der Waals surface area contributed by atoms with Gasteiger partial charge in [-0.25, -0.2) is 4.79 Å². The van der Waals surface area contributed by atoms with Crippen LogP contribution in [0, 0.1) is 0 Å². The number of nitrogens with zero attached hydrogens (tertiary/aromatic N) is 2. The van der Waals surface area contributed by atoms with E-state index in [1.165, 1.54) is 4.90 Å². The molecule has 6 nitrogen and oxygen atoms in total. The molecule has 2 atom stereocenters. The second-order valence-corrected chi connectivity index (χ2v) is 7.32. The number of rotatable bonds is 3. The van der Waals surface area contributed by atoms with E-state index in [1.54, 1.807) is 57.8 Å². The number of hydrogen-bond donors (Lipinski definition) is 0. The van der Waals surface area contributed by atoms with Crippen LogP contribution >= 0.6 is 0 Å². The van der Waals surface area contributed by atoms with E-state index in [2.05, 4.69) is 0 Å². The summed E-state index contributed by atoms with van der Waals surface area (Å²) in [5.74, 6) is 0. The van der Waals surface area contributed by atoms with Gasteiger partial charge >= 0.3 is 6.09 Å². The van der Waals surface area contributed by atoms with Crippen molar-refractivity contribution in [2.24, 2.45) is 0 Å². The van der Waals surface area contributed by atoms with Crippen LogP contribution in [0.5, 0.6) is 0 Å². The lowest BCUT2D eigenvalue weighted by molar-refractivity contribution is 0.0522. The Bertz CT molecular complexity index is 633. The van der Waals surface area contributed by atoms with Gasteiger partial charge in [0.1, 0.15) is 11.3 Å². The van der Waals surface area contributed by atoms with Crippen LogP contribution in [0.25, 0.3) is 0 Å². The highest BCUT2D eigenvalue weighted by molar-refractivity contribution is 5.86. The minimum Gasteiger partial charge on any atom is -0.443 e. The smallest absolute Gasteiger partial charge is 0.414 e. The van der Waals surface area contributed by atoms with Crippen molar-refractivity contribution in [3.05, 3.63) is 28.7 Å². The largest absolute Gasteiger partial charge is 0.443 e. The first-order valence-electron chi connectivity index (χ1n) is 8.43. The lowest BCUT2D eigenvalue weighted by Crippen LogP contribution is -2.39. The maximum absolute atomic E-state index is 12.8. The number of ether oxygens (including phenoxy) is 2. The van der Waals surface area contributed by atoms with E-state index in [-0.39, 0.29) is 17.7 Å². The summed E-state index contributed by atoms with van der Waals surface area (Å²) in [5, 5.41) is 0. The second kappa shape index (κ2) is 7.38. The van der Waals surface area contributed by atoms with Crippen molar-refractivity contribution in [3.63, 3.8) is 0 Å². The van der Waals surface area contributed by atoms with Gasteiger partial charge in [-0.05, 0) is 58.6 Å². The van der Waals surface area contributed by atoms with Crippen LogP contribution < -0.4 is 10.5 Å². The third-order valence-corrected chi connectivity index (χ3v) is 4.31. The lowest BCUT2D eigenvalue weighted by Gasteiger charge is -2.30. The predicted molar refractivity (Wildman–Crippen MR) is 93.6 cm³/mol. The van der Waals surface area contributed by atoms with Gasteiger partial charge in [0.25, 0.3) is 5.56 Å². The molecule has 2 unspecified atom stereocenters. The summed E-state index contributed by atoms with van der Waals surface area (Å²) in [7, 11) is 3.27. The highest BCUT2D eigenvalue weighted by Crippen LogP contribution is 2.29. The molecule has 1 saturated carbocycles. The number of pyridine rings is 1. The number of aromatic nitrogens is 1. The molecule has 6 heteroatoms.